The molecule has 4 rings (SSSR count). The molecule has 1 fully saturated rings. The van der Waals surface area contributed by atoms with Crippen LogP contribution >= 0.6 is 0 Å². The minimum atomic E-state index is -1.30. The van der Waals surface area contributed by atoms with Gasteiger partial charge in [-0.2, -0.15) is 0 Å². The van der Waals surface area contributed by atoms with Gasteiger partial charge in [-0.3, -0.25) is 9.20 Å². The number of nitrogens with two attached hydrogens (primary N) is 1. The first kappa shape index (κ1) is 15.0. The third-order valence-electron chi connectivity index (χ3n) is 4.26. The second-order valence-corrected chi connectivity index (χ2v) is 5.64. The number of ether oxygens (including phenoxy) is 1. The minimum absolute atomic E-state index is 0.173. The zero-order valence-corrected chi connectivity index (χ0v) is 12.4. The van der Waals surface area contributed by atoms with E-state index in [4.69, 9.17) is 10.5 Å². The maximum Gasteiger partial charge on any atom is 0.251 e. The standard InChI is InChI=1S/C14H15N5O5/c15-11(23)6-3-19(14-10(22)9(21)7(4-20)24-14)13-8(6)12-16-1-2-18(12)5-17-13/h1-3,5,7,9-10,14,20-22H,4H2,(H2,15,23)/t7-,9+,10-,14+/m0/s1. The maximum absolute atomic E-state index is 11.8. The van der Waals surface area contributed by atoms with Gasteiger partial charge < -0.3 is 30.4 Å². The van der Waals surface area contributed by atoms with Crippen LogP contribution in [0.2, 0.25) is 0 Å². The van der Waals surface area contributed by atoms with Crippen molar-refractivity contribution in [2.45, 2.75) is 24.5 Å². The monoisotopic (exact) mass is 333 g/mol. The molecule has 1 aliphatic heterocycles. The molecule has 0 bridgehead atoms. The van der Waals surface area contributed by atoms with E-state index in [1.165, 1.54) is 17.1 Å². The average Bonchev–Trinajstić information content (AvgIpc) is 3.24. The van der Waals surface area contributed by atoms with E-state index in [1.54, 1.807) is 16.8 Å². The molecule has 10 nitrogen and oxygen atoms in total. The SMILES string of the molecule is NC(=O)c1cn([C@@H]2O[C@@H](CO)[C@@H](O)[C@@H]2O)c2ncn3ccnc3c12. The van der Waals surface area contributed by atoms with E-state index in [9.17, 15) is 20.1 Å². The van der Waals surface area contributed by atoms with Crippen molar-refractivity contribution in [2.24, 2.45) is 5.73 Å². The first-order valence-electron chi connectivity index (χ1n) is 7.27. The van der Waals surface area contributed by atoms with Crippen LogP contribution in [0.1, 0.15) is 16.6 Å². The number of hydrogen-bond donors (Lipinski definition) is 4. The summed E-state index contributed by atoms with van der Waals surface area (Å²) in [6, 6.07) is 0. The van der Waals surface area contributed by atoms with Crippen molar-refractivity contribution in [3.8, 4) is 0 Å². The molecule has 1 aliphatic rings. The Kier molecular flexibility index (Phi) is 3.28. The molecule has 0 saturated carbocycles. The lowest BCUT2D eigenvalue weighted by atomic mass is 10.1. The van der Waals surface area contributed by atoms with Crippen molar-refractivity contribution >= 4 is 22.6 Å². The fourth-order valence-electron chi connectivity index (χ4n) is 3.07. The van der Waals surface area contributed by atoms with Gasteiger partial charge in [0.2, 0.25) is 0 Å². The van der Waals surface area contributed by atoms with Gasteiger partial charge in [-0.15, -0.1) is 0 Å². The van der Waals surface area contributed by atoms with Crippen molar-refractivity contribution in [2.75, 3.05) is 6.61 Å². The van der Waals surface area contributed by atoms with Crippen molar-refractivity contribution in [1.29, 1.82) is 0 Å². The largest absolute Gasteiger partial charge is 0.394 e. The van der Waals surface area contributed by atoms with Crippen molar-refractivity contribution in [3.05, 3.63) is 30.5 Å². The lowest BCUT2D eigenvalue weighted by Gasteiger charge is -2.17. The van der Waals surface area contributed by atoms with Crippen molar-refractivity contribution in [3.63, 3.8) is 0 Å². The van der Waals surface area contributed by atoms with E-state index in [0.717, 1.165) is 0 Å². The number of carbonyl (C=O) groups excluding carboxylic acids is 1. The number of hydrogen-bond acceptors (Lipinski definition) is 7. The van der Waals surface area contributed by atoms with Gasteiger partial charge in [0, 0.05) is 18.6 Å². The second-order valence-electron chi connectivity index (χ2n) is 5.64. The summed E-state index contributed by atoms with van der Waals surface area (Å²) in [6.45, 7) is -0.450. The molecule has 0 unspecified atom stereocenters. The summed E-state index contributed by atoms with van der Waals surface area (Å²) in [5, 5.41) is 29.8. The third-order valence-corrected chi connectivity index (χ3v) is 4.26. The summed E-state index contributed by atoms with van der Waals surface area (Å²) >= 11 is 0. The number of carbonyl (C=O) groups is 1. The number of nitrogens with zero attached hydrogens (tertiary/aromatic N) is 4. The second kappa shape index (κ2) is 5.24. The Labute approximate surface area is 134 Å². The Hall–Kier alpha value is -2.53. The fraction of sp³-hybridized carbons (Fsp3) is 0.357. The van der Waals surface area contributed by atoms with E-state index >= 15 is 0 Å². The number of amides is 1. The van der Waals surface area contributed by atoms with Crippen LogP contribution in [0.25, 0.3) is 16.7 Å². The van der Waals surface area contributed by atoms with Gasteiger partial charge in [-0.25, -0.2) is 9.97 Å². The number of rotatable bonds is 3. The van der Waals surface area contributed by atoms with Gasteiger partial charge in [-0.05, 0) is 0 Å². The summed E-state index contributed by atoms with van der Waals surface area (Å²) in [4.78, 5) is 20.3. The zero-order chi connectivity index (χ0) is 17.0. The van der Waals surface area contributed by atoms with E-state index in [1.807, 2.05) is 0 Å². The van der Waals surface area contributed by atoms with Crippen LogP contribution in [0.3, 0.4) is 0 Å². The Morgan fingerprint density at radius 2 is 2.08 bits per heavy atom. The molecule has 0 aliphatic carbocycles. The van der Waals surface area contributed by atoms with Gasteiger partial charge in [0.05, 0.1) is 17.6 Å². The number of imidazole rings is 1. The topological polar surface area (TPSA) is 148 Å². The van der Waals surface area contributed by atoms with Gasteiger partial charge in [-0.1, -0.05) is 0 Å². The summed E-state index contributed by atoms with van der Waals surface area (Å²) in [5.74, 6) is -0.677. The summed E-state index contributed by atoms with van der Waals surface area (Å²) in [6.07, 6.45) is 1.65. The molecule has 1 saturated heterocycles. The number of aliphatic hydroxyl groups excluding tert-OH is 3. The average molecular weight is 333 g/mol. The summed E-state index contributed by atoms with van der Waals surface area (Å²) in [5.41, 5.74) is 6.45. The highest BCUT2D eigenvalue weighted by Gasteiger charge is 2.44. The molecule has 126 valence electrons. The smallest absolute Gasteiger partial charge is 0.251 e. The van der Waals surface area contributed by atoms with Gasteiger partial charge in [0.15, 0.2) is 6.23 Å². The molecule has 0 aromatic carbocycles. The number of primary amides is 1. The van der Waals surface area contributed by atoms with E-state index < -0.39 is 37.1 Å². The van der Waals surface area contributed by atoms with Crippen LogP contribution in [-0.4, -0.2) is 65.1 Å². The van der Waals surface area contributed by atoms with Crippen molar-refractivity contribution < 1.29 is 24.9 Å². The summed E-state index contributed by atoms with van der Waals surface area (Å²) in [7, 11) is 0. The molecule has 5 N–H and O–H groups in total. The predicted octanol–water partition coefficient (Wildman–Crippen LogP) is -1.61. The van der Waals surface area contributed by atoms with Crippen molar-refractivity contribution in [1.82, 2.24) is 18.9 Å². The molecular weight excluding hydrogens is 318 g/mol. The first-order valence-corrected chi connectivity index (χ1v) is 7.27. The van der Waals surface area contributed by atoms with Crippen LogP contribution in [0.5, 0.6) is 0 Å². The molecule has 4 atom stereocenters. The normalized spacial score (nSPS) is 27.3. The maximum atomic E-state index is 11.8. The predicted molar refractivity (Wildman–Crippen MR) is 80.0 cm³/mol. The van der Waals surface area contributed by atoms with Crippen LogP contribution < -0.4 is 5.73 Å². The molecule has 3 aromatic rings. The number of aromatic nitrogens is 4. The summed E-state index contributed by atoms with van der Waals surface area (Å²) < 4.78 is 8.57. The molecule has 0 spiro atoms. The Morgan fingerprint density at radius 1 is 1.29 bits per heavy atom. The van der Waals surface area contributed by atoms with E-state index in [2.05, 4.69) is 9.97 Å². The van der Waals surface area contributed by atoms with Gasteiger partial charge in [0.1, 0.15) is 35.9 Å². The van der Waals surface area contributed by atoms with Crippen LogP contribution in [0, 0.1) is 0 Å². The highest BCUT2D eigenvalue weighted by Crippen LogP contribution is 2.34. The quantitative estimate of drug-likeness (QED) is 0.451. The van der Waals surface area contributed by atoms with Crippen LogP contribution in [0.4, 0.5) is 0 Å². The van der Waals surface area contributed by atoms with Gasteiger partial charge >= 0.3 is 0 Å². The van der Waals surface area contributed by atoms with Crippen LogP contribution in [0.15, 0.2) is 24.9 Å². The molecule has 10 heteroatoms. The molecule has 1 amide bonds. The number of aliphatic hydroxyl groups is 3. The molecular formula is C14H15N5O5. The highest BCUT2D eigenvalue weighted by atomic mass is 16.6. The van der Waals surface area contributed by atoms with E-state index in [0.29, 0.717) is 16.7 Å². The molecule has 3 aromatic heterocycles. The Bertz CT molecular complexity index is 934. The van der Waals surface area contributed by atoms with Gasteiger partial charge in [0.25, 0.3) is 5.91 Å². The Morgan fingerprint density at radius 3 is 2.75 bits per heavy atom. The molecule has 4 heterocycles. The lowest BCUT2D eigenvalue weighted by Crippen LogP contribution is -2.33. The first-order chi connectivity index (χ1) is 11.5. The molecule has 0 radical (unpaired) electrons. The fourth-order valence-corrected chi connectivity index (χ4v) is 3.07. The highest BCUT2D eigenvalue weighted by molar-refractivity contribution is 6.10. The number of fused-ring (bicyclic) bond motifs is 3. The lowest BCUT2D eigenvalue weighted by molar-refractivity contribution is -0.0508. The van der Waals surface area contributed by atoms with Crippen LogP contribution in [-0.2, 0) is 4.74 Å². The van der Waals surface area contributed by atoms with E-state index in [-0.39, 0.29) is 5.56 Å². The Balaban J connectivity index is 1.95. The third kappa shape index (κ3) is 1.94. The minimum Gasteiger partial charge on any atom is -0.394 e. The molecule has 24 heavy (non-hydrogen) atoms. The zero-order valence-electron chi connectivity index (χ0n) is 12.4.